The van der Waals surface area contributed by atoms with Crippen LogP contribution in [0, 0.1) is 5.82 Å². The number of rotatable bonds is 6. The van der Waals surface area contributed by atoms with Crippen molar-refractivity contribution >= 4 is 33.2 Å². The highest BCUT2D eigenvalue weighted by molar-refractivity contribution is 7.89. The van der Waals surface area contributed by atoms with E-state index < -0.39 is 21.7 Å². The summed E-state index contributed by atoms with van der Waals surface area (Å²) in [6.45, 7) is 2.16. The van der Waals surface area contributed by atoms with E-state index in [0.717, 1.165) is 6.07 Å². The topological polar surface area (TPSA) is 75.3 Å². The van der Waals surface area contributed by atoms with E-state index in [1.54, 1.807) is 0 Å². The lowest BCUT2D eigenvalue weighted by Gasteiger charge is -2.09. The van der Waals surface area contributed by atoms with E-state index in [0.29, 0.717) is 18.7 Å². The van der Waals surface area contributed by atoms with Crippen LogP contribution in [-0.2, 0) is 10.0 Å². The molecule has 0 aromatic heterocycles. The van der Waals surface area contributed by atoms with Crippen LogP contribution in [0.5, 0.6) is 0 Å². The minimum absolute atomic E-state index is 0.000684. The molecule has 0 aliphatic heterocycles. The van der Waals surface area contributed by atoms with Crippen molar-refractivity contribution in [3.8, 4) is 0 Å². The zero-order valence-corrected chi connectivity index (χ0v) is 14.4. The van der Waals surface area contributed by atoms with Crippen molar-refractivity contribution in [2.24, 2.45) is 0 Å². The van der Waals surface area contributed by atoms with Crippen LogP contribution in [0.4, 0.5) is 10.1 Å². The quantitative estimate of drug-likeness (QED) is 0.818. The smallest absolute Gasteiger partial charge is 0.255 e. The van der Waals surface area contributed by atoms with Crippen LogP contribution in [0.1, 0.15) is 23.7 Å². The molecule has 2 N–H and O–H groups in total. The highest BCUT2D eigenvalue weighted by Gasteiger charge is 2.16. The molecule has 0 atom stereocenters. The third kappa shape index (κ3) is 4.53. The molecule has 0 spiro atoms. The highest BCUT2D eigenvalue weighted by atomic mass is 35.5. The number of hydrogen-bond donors (Lipinski definition) is 2. The van der Waals surface area contributed by atoms with E-state index in [2.05, 4.69) is 10.0 Å². The van der Waals surface area contributed by atoms with Crippen molar-refractivity contribution in [2.75, 3.05) is 11.9 Å². The molecule has 0 bridgehead atoms. The second-order valence-corrected chi connectivity index (χ2v) is 7.18. The number of amides is 1. The number of hydrogen-bond acceptors (Lipinski definition) is 3. The minimum atomic E-state index is -3.66. The fourth-order valence-corrected chi connectivity index (χ4v) is 3.26. The van der Waals surface area contributed by atoms with Crippen molar-refractivity contribution in [3.05, 3.63) is 58.9 Å². The first-order valence-electron chi connectivity index (χ1n) is 7.19. The molecule has 1 amide bonds. The summed E-state index contributed by atoms with van der Waals surface area (Å²) in [5, 5.41) is 2.43. The van der Waals surface area contributed by atoms with Crippen molar-refractivity contribution < 1.29 is 17.6 Å². The molecule has 0 heterocycles. The van der Waals surface area contributed by atoms with Gasteiger partial charge in [-0.05, 0) is 42.8 Å². The Labute approximate surface area is 144 Å². The Morgan fingerprint density at radius 2 is 1.96 bits per heavy atom. The lowest BCUT2D eigenvalue weighted by Crippen LogP contribution is -2.24. The number of anilines is 1. The summed E-state index contributed by atoms with van der Waals surface area (Å²) in [5.74, 6) is -1.12. The van der Waals surface area contributed by atoms with Gasteiger partial charge in [-0.2, -0.15) is 0 Å². The van der Waals surface area contributed by atoms with Crippen molar-refractivity contribution in [1.29, 1.82) is 0 Å². The zero-order chi connectivity index (χ0) is 17.7. The largest absolute Gasteiger partial charge is 0.322 e. The Morgan fingerprint density at radius 1 is 1.21 bits per heavy atom. The van der Waals surface area contributed by atoms with Gasteiger partial charge in [0.1, 0.15) is 5.82 Å². The summed E-state index contributed by atoms with van der Waals surface area (Å²) in [6.07, 6.45) is 0.657. The lowest BCUT2D eigenvalue weighted by atomic mass is 10.2. The Bertz CT molecular complexity index is 856. The normalized spacial score (nSPS) is 11.3. The summed E-state index contributed by atoms with van der Waals surface area (Å²) in [6, 6.07) is 9.42. The van der Waals surface area contributed by atoms with E-state index in [9.17, 15) is 17.6 Å². The predicted molar refractivity (Wildman–Crippen MR) is 91.3 cm³/mol. The molecule has 0 aliphatic rings. The van der Waals surface area contributed by atoms with E-state index in [-0.39, 0.29) is 15.5 Å². The molecule has 5 nitrogen and oxygen atoms in total. The minimum Gasteiger partial charge on any atom is -0.322 e. The molecule has 2 aromatic carbocycles. The Hall–Kier alpha value is -1.96. The maximum absolute atomic E-state index is 13.1. The number of carbonyl (C=O) groups is 1. The molecule has 0 unspecified atom stereocenters. The summed E-state index contributed by atoms with van der Waals surface area (Å²) < 4.78 is 39.8. The summed E-state index contributed by atoms with van der Waals surface area (Å²) in [7, 11) is -3.66. The molecule has 0 aliphatic carbocycles. The number of benzene rings is 2. The van der Waals surface area contributed by atoms with Crippen LogP contribution >= 0.6 is 11.6 Å². The van der Waals surface area contributed by atoms with Gasteiger partial charge in [0.05, 0.1) is 9.92 Å². The standard InChI is InChI=1S/C16H16ClFN2O3S/c1-2-8-19-24(22,23)13-5-3-4-11(9-13)16(21)20-12-6-7-15(18)14(17)10-12/h3-7,9-10,19H,2,8H2,1H3,(H,20,21). The van der Waals surface area contributed by atoms with E-state index in [1.807, 2.05) is 6.92 Å². The van der Waals surface area contributed by atoms with Crippen LogP contribution in [-0.4, -0.2) is 20.9 Å². The fraction of sp³-hybridized carbons (Fsp3) is 0.188. The molecule has 0 saturated carbocycles. The summed E-state index contributed by atoms with van der Waals surface area (Å²) in [5.41, 5.74) is 0.471. The first kappa shape index (κ1) is 18.4. The molecule has 128 valence electrons. The second kappa shape index (κ2) is 7.74. The van der Waals surface area contributed by atoms with Crippen LogP contribution in [0.25, 0.3) is 0 Å². The highest BCUT2D eigenvalue weighted by Crippen LogP contribution is 2.20. The monoisotopic (exact) mass is 370 g/mol. The van der Waals surface area contributed by atoms with Gasteiger partial charge < -0.3 is 5.32 Å². The number of halogens is 2. The molecular formula is C16H16ClFN2O3S. The second-order valence-electron chi connectivity index (χ2n) is 5.01. The number of sulfonamides is 1. The molecule has 2 aromatic rings. The van der Waals surface area contributed by atoms with Gasteiger partial charge in [-0.25, -0.2) is 17.5 Å². The lowest BCUT2D eigenvalue weighted by molar-refractivity contribution is 0.102. The average molecular weight is 371 g/mol. The van der Waals surface area contributed by atoms with Crippen molar-refractivity contribution in [1.82, 2.24) is 4.72 Å². The molecule has 0 fully saturated rings. The predicted octanol–water partition coefficient (Wildman–Crippen LogP) is 3.42. The molecule has 0 radical (unpaired) electrons. The molecule has 0 saturated heterocycles. The Kier molecular flexibility index (Phi) is 5.93. The average Bonchev–Trinajstić information content (AvgIpc) is 2.56. The zero-order valence-electron chi connectivity index (χ0n) is 12.8. The van der Waals surface area contributed by atoms with Gasteiger partial charge in [0.25, 0.3) is 5.91 Å². The molecule has 8 heteroatoms. The van der Waals surface area contributed by atoms with Gasteiger partial charge in [0, 0.05) is 17.8 Å². The first-order valence-corrected chi connectivity index (χ1v) is 9.05. The van der Waals surface area contributed by atoms with Gasteiger partial charge in [0.15, 0.2) is 0 Å². The van der Waals surface area contributed by atoms with Crippen molar-refractivity contribution in [2.45, 2.75) is 18.2 Å². The van der Waals surface area contributed by atoms with Gasteiger partial charge in [-0.15, -0.1) is 0 Å². The third-order valence-corrected chi connectivity index (χ3v) is 4.87. The van der Waals surface area contributed by atoms with Crippen LogP contribution < -0.4 is 10.0 Å². The van der Waals surface area contributed by atoms with Gasteiger partial charge >= 0.3 is 0 Å². The molecule has 2 rings (SSSR count). The summed E-state index contributed by atoms with van der Waals surface area (Å²) >= 11 is 5.66. The van der Waals surface area contributed by atoms with E-state index >= 15 is 0 Å². The number of nitrogens with one attached hydrogen (secondary N) is 2. The van der Waals surface area contributed by atoms with Gasteiger partial charge in [0.2, 0.25) is 10.0 Å². The fourth-order valence-electron chi connectivity index (χ4n) is 1.90. The Morgan fingerprint density at radius 3 is 2.62 bits per heavy atom. The summed E-state index contributed by atoms with van der Waals surface area (Å²) in [4.78, 5) is 12.2. The maximum atomic E-state index is 13.1. The molecular weight excluding hydrogens is 355 g/mol. The van der Waals surface area contributed by atoms with Crippen LogP contribution in [0.15, 0.2) is 47.4 Å². The van der Waals surface area contributed by atoms with Crippen LogP contribution in [0.3, 0.4) is 0 Å². The van der Waals surface area contributed by atoms with Gasteiger partial charge in [-0.1, -0.05) is 24.6 Å². The molecule has 24 heavy (non-hydrogen) atoms. The SMILES string of the molecule is CCCNS(=O)(=O)c1cccc(C(=O)Nc2ccc(F)c(Cl)c2)c1. The Balaban J connectivity index is 2.21. The first-order chi connectivity index (χ1) is 11.3. The van der Waals surface area contributed by atoms with E-state index in [1.165, 1.54) is 36.4 Å². The van der Waals surface area contributed by atoms with Gasteiger partial charge in [-0.3, -0.25) is 4.79 Å². The van der Waals surface area contributed by atoms with E-state index in [4.69, 9.17) is 11.6 Å². The van der Waals surface area contributed by atoms with Crippen LogP contribution in [0.2, 0.25) is 5.02 Å². The third-order valence-electron chi connectivity index (χ3n) is 3.13. The van der Waals surface area contributed by atoms with Crippen molar-refractivity contribution in [3.63, 3.8) is 0 Å². The number of carbonyl (C=O) groups excluding carboxylic acids is 1. The maximum Gasteiger partial charge on any atom is 0.255 e.